The standard InChI is InChI=1S/C13H9N.Ca/c1-2-6-11-10(5-1)9-14-13-8-4-3-7-12(11)13;/h1-9H;. The first-order valence-electron chi connectivity index (χ1n) is 4.68. The summed E-state index contributed by atoms with van der Waals surface area (Å²) in [5, 5.41) is 3.70. The van der Waals surface area contributed by atoms with Gasteiger partial charge in [0.25, 0.3) is 0 Å². The molecule has 68 valence electrons. The molecule has 0 aliphatic heterocycles. The number of fused-ring (bicyclic) bond motifs is 3. The van der Waals surface area contributed by atoms with Crippen LogP contribution in [0.15, 0.2) is 54.7 Å². The van der Waals surface area contributed by atoms with E-state index in [2.05, 4.69) is 35.3 Å². The molecule has 3 rings (SSSR count). The van der Waals surface area contributed by atoms with Gasteiger partial charge in [0.1, 0.15) is 0 Å². The van der Waals surface area contributed by atoms with Gasteiger partial charge in [0.2, 0.25) is 0 Å². The van der Waals surface area contributed by atoms with Crippen molar-refractivity contribution in [2.75, 3.05) is 0 Å². The second kappa shape index (κ2) is 4.48. The van der Waals surface area contributed by atoms with Crippen molar-refractivity contribution in [1.29, 1.82) is 0 Å². The molecule has 1 aromatic heterocycles. The summed E-state index contributed by atoms with van der Waals surface area (Å²) in [6.45, 7) is 0. The Morgan fingerprint density at radius 2 is 1.40 bits per heavy atom. The van der Waals surface area contributed by atoms with Gasteiger partial charge in [-0.05, 0) is 11.5 Å². The van der Waals surface area contributed by atoms with Crippen LogP contribution in [-0.2, 0) is 0 Å². The Morgan fingerprint density at radius 1 is 0.733 bits per heavy atom. The zero-order valence-electron chi connectivity index (χ0n) is 8.35. The Labute approximate surface area is 118 Å². The summed E-state index contributed by atoms with van der Waals surface area (Å²) >= 11 is 0. The molecular weight excluding hydrogens is 210 g/mol. The molecule has 1 heterocycles. The van der Waals surface area contributed by atoms with Gasteiger partial charge in [-0.15, -0.1) is 0 Å². The number of pyridine rings is 1. The number of hydrogen-bond donors (Lipinski definition) is 0. The van der Waals surface area contributed by atoms with Crippen LogP contribution in [0.3, 0.4) is 0 Å². The van der Waals surface area contributed by atoms with Crippen LogP contribution in [0.2, 0.25) is 0 Å². The van der Waals surface area contributed by atoms with E-state index >= 15 is 0 Å². The van der Waals surface area contributed by atoms with Crippen molar-refractivity contribution in [3.05, 3.63) is 54.7 Å². The molecule has 1 nitrogen and oxygen atoms in total. The Kier molecular flexibility index (Phi) is 3.25. The molecule has 0 aliphatic carbocycles. The molecule has 0 saturated carbocycles. The topological polar surface area (TPSA) is 12.9 Å². The SMILES string of the molecule is [Ca].c1ccc2c(c1)cnc1ccccc12. The van der Waals surface area contributed by atoms with E-state index in [4.69, 9.17) is 0 Å². The summed E-state index contributed by atoms with van der Waals surface area (Å²) in [7, 11) is 0. The molecule has 2 aromatic carbocycles. The Bertz CT molecular complexity index is 550. The van der Waals surface area contributed by atoms with Crippen LogP contribution in [0.1, 0.15) is 0 Å². The maximum Gasteiger partial charge on any atom is 0.0708 e. The average molecular weight is 219 g/mol. The van der Waals surface area contributed by atoms with E-state index in [0.717, 1.165) is 5.52 Å². The third kappa shape index (κ3) is 1.87. The van der Waals surface area contributed by atoms with Crippen LogP contribution in [0.4, 0.5) is 0 Å². The van der Waals surface area contributed by atoms with E-state index in [1.54, 1.807) is 0 Å². The summed E-state index contributed by atoms with van der Waals surface area (Å²) in [6.07, 6.45) is 1.93. The minimum absolute atomic E-state index is 0. The van der Waals surface area contributed by atoms with Gasteiger partial charge in [0.05, 0.1) is 5.52 Å². The van der Waals surface area contributed by atoms with E-state index in [1.807, 2.05) is 24.4 Å². The van der Waals surface area contributed by atoms with Crippen LogP contribution in [0, 0.1) is 0 Å². The average Bonchev–Trinajstić information content (AvgIpc) is 2.29. The Balaban J connectivity index is 0.000000853. The fraction of sp³-hybridized carbons (Fsp3) is 0. The minimum atomic E-state index is 0. The number of hydrogen-bond acceptors (Lipinski definition) is 1. The normalized spacial score (nSPS) is 10.1. The van der Waals surface area contributed by atoms with Crippen LogP contribution in [-0.4, -0.2) is 42.7 Å². The molecule has 0 aliphatic rings. The molecule has 2 heteroatoms. The molecule has 0 amide bonds. The van der Waals surface area contributed by atoms with Gasteiger partial charge in [-0.3, -0.25) is 4.98 Å². The maximum absolute atomic E-state index is 4.41. The molecule has 3 aromatic rings. The molecule has 0 unspecified atom stereocenters. The Hall–Kier alpha value is -0.630. The van der Waals surface area contributed by atoms with Crippen LogP contribution >= 0.6 is 0 Å². The van der Waals surface area contributed by atoms with E-state index in [-0.39, 0.29) is 37.7 Å². The second-order valence-electron chi connectivity index (χ2n) is 3.36. The quantitative estimate of drug-likeness (QED) is 0.418. The van der Waals surface area contributed by atoms with E-state index in [0.29, 0.717) is 0 Å². The number of rotatable bonds is 0. The van der Waals surface area contributed by atoms with Gasteiger partial charge in [0.15, 0.2) is 0 Å². The van der Waals surface area contributed by atoms with Crippen molar-refractivity contribution in [1.82, 2.24) is 4.98 Å². The largest absolute Gasteiger partial charge is 0.256 e. The van der Waals surface area contributed by atoms with E-state index < -0.39 is 0 Å². The zero-order valence-corrected chi connectivity index (χ0v) is 10.6. The number of aromatic nitrogens is 1. The van der Waals surface area contributed by atoms with E-state index in [1.165, 1.54) is 16.2 Å². The first kappa shape index (κ1) is 10.9. The number of benzene rings is 2. The first-order valence-corrected chi connectivity index (χ1v) is 4.68. The van der Waals surface area contributed by atoms with Gasteiger partial charge in [-0.2, -0.15) is 0 Å². The van der Waals surface area contributed by atoms with Crippen molar-refractivity contribution in [3.63, 3.8) is 0 Å². The summed E-state index contributed by atoms with van der Waals surface area (Å²) in [5.74, 6) is 0. The van der Waals surface area contributed by atoms with Crippen molar-refractivity contribution >= 4 is 59.4 Å². The van der Waals surface area contributed by atoms with Crippen molar-refractivity contribution in [2.24, 2.45) is 0 Å². The molecule has 15 heavy (non-hydrogen) atoms. The van der Waals surface area contributed by atoms with Gasteiger partial charge in [-0.1, -0.05) is 42.5 Å². The molecule has 0 saturated heterocycles. The predicted octanol–water partition coefficient (Wildman–Crippen LogP) is 3.01. The third-order valence-electron chi connectivity index (χ3n) is 2.50. The fourth-order valence-electron chi connectivity index (χ4n) is 1.81. The van der Waals surface area contributed by atoms with Gasteiger partial charge < -0.3 is 0 Å². The van der Waals surface area contributed by atoms with Crippen LogP contribution < -0.4 is 0 Å². The van der Waals surface area contributed by atoms with Crippen LogP contribution in [0.5, 0.6) is 0 Å². The fourth-order valence-corrected chi connectivity index (χ4v) is 1.81. The monoisotopic (exact) mass is 219 g/mol. The number of nitrogens with zero attached hydrogens (tertiary/aromatic N) is 1. The molecule has 2 radical (unpaired) electrons. The predicted molar refractivity (Wildman–Crippen MR) is 65.0 cm³/mol. The molecule has 0 bridgehead atoms. The summed E-state index contributed by atoms with van der Waals surface area (Å²) < 4.78 is 0. The molecule has 0 fully saturated rings. The smallest absolute Gasteiger partial charge is 0.0708 e. The number of para-hydroxylation sites is 1. The maximum atomic E-state index is 4.41. The summed E-state index contributed by atoms with van der Waals surface area (Å²) in [5.41, 5.74) is 1.06. The van der Waals surface area contributed by atoms with Gasteiger partial charge in [0, 0.05) is 54.7 Å². The van der Waals surface area contributed by atoms with Crippen LogP contribution in [0.25, 0.3) is 21.7 Å². The first-order chi connectivity index (χ1) is 6.95. The van der Waals surface area contributed by atoms with E-state index in [9.17, 15) is 0 Å². The zero-order chi connectivity index (χ0) is 9.38. The van der Waals surface area contributed by atoms with Gasteiger partial charge in [-0.25, -0.2) is 0 Å². The summed E-state index contributed by atoms with van der Waals surface area (Å²) in [6, 6.07) is 16.6. The third-order valence-corrected chi connectivity index (χ3v) is 2.50. The van der Waals surface area contributed by atoms with Crippen molar-refractivity contribution in [2.45, 2.75) is 0 Å². The summed E-state index contributed by atoms with van der Waals surface area (Å²) in [4.78, 5) is 4.41. The molecule has 0 spiro atoms. The minimum Gasteiger partial charge on any atom is -0.256 e. The van der Waals surface area contributed by atoms with Crippen molar-refractivity contribution < 1.29 is 0 Å². The Morgan fingerprint density at radius 3 is 2.27 bits per heavy atom. The van der Waals surface area contributed by atoms with Crippen molar-refractivity contribution in [3.8, 4) is 0 Å². The van der Waals surface area contributed by atoms with Gasteiger partial charge >= 0.3 is 0 Å². The molecular formula is C13H9CaN. The molecule has 0 N–H and O–H groups in total. The second-order valence-corrected chi connectivity index (χ2v) is 3.36. The molecule has 0 atom stereocenters.